The molecule has 0 aliphatic carbocycles. The van der Waals surface area contributed by atoms with E-state index < -0.39 is 5.97 Å². The molecule has 1 aromatic carbocycles. The van der Waals surface area contributed by atoms with Crippen molar-refractivity contribution in [3.05, 3.63) is 35.6 Å². The highest BCUT2D eigenvalue weighted by Crippen LogP contribution is 2.05. The fraction of sp³-hybridized carbons (Fsp3) is 0.385. The van der Waals surface area contributed by atoms with Gasteiger partial charge in [-0.05, 0) is 12.5 Å². The molecule has 0 fully saturated rings. The number of hydrogen-bond donors (Lipinski definition) is 2. The number of nitrogens with zero attached hydrogens (tertiary/aromatic N) is 1. The van der Waals surface area contributed by atoms with Crippen LogP contribution in [0.5, 0.6) is 0 Å². The van der Waals surface area contributed by atoms with Crippen LogP contribution in [0.4, 0.5) is 9.18 Å². The first-order chi connectivity index (χ1) is 9.00. The normalized spacial score (nSPS) is 10.0. The Morgan fingerprint density at radius 2 is 2.05 bits per heavy atom. The molecule has 0 saturated heterocycles. The van der Waals surface area contributed by atoms with Crippen LogP contribution in [0, 0.1) is 5.82 Å². The molecule has 19 heavy (non-hydrogen) atoms. The first-order valence-electron chi connectivity index (χ1n) is 5.95. The predicted molar refractivity (Wildman–Crippen MR) is 68.1 cm³/mol. The molecule has 1 rings (SSSR count). The number of halogens is 1. The molecular weight excluding hydrogens is 251 g/mol. The summed E-state index contributed by atoms with van der Waals surface area (Å²) < 4.78 is 13.3. The number of nitrogens with one attached hydrogen (secondary N) is 1. The summed E-state index contributed by atoms with van der Waals surface area (Å²) in [5.74, 6) is -1.25. The van der Waals surface area contributed by atoms with Crippen molar-refractivity contribution in [2.24, 2.45) is 0 Å². The van der Waals surface area contributed by atoms with Gasteiger partial charge in [-0.15, -0.1) is 0 Å². The van der Waals surface area contributed by atoms with E-state index in [1.165, 1.54) is 11.0 Å². The quantitative estimate of drug-likeness (QED) is 0.827. The van der Waals surface area contributed by atoms with Crippen LogP contribution in [0.2, 0.25) is 0 Å². The number of carboxylic acids is 1. The highest BCUT2D eigenvalue weighted by atomic mass is 19.1. The highest BCUT2D eigenvalue weighted by Gasteiger charge is 2.09. The minimum absolute atomic E-state index is 0.0188. The number of aliphatic carboxylic acids is 1. The summed E-state index contributed by atoms with van der Waals surface area (Å²) in [5, 5.41) is 11.1. The third kappa shape index (κ3) is 5.37. The maximum atomic E-state index is 13.3. The van der Waals surface area contributed by atoms with Crippen molar-refractivity contribution in [3.8, 4) is 0 Å². The Bertz CT molecular complexity index is 451. The van der Waals surface area contributed by atoms with Gasteiger partial charge in [0.15, 0.2) is 0 Å². The van der Waals surface area contributed by atoms with Crippen LogP contribution >= 0.6 is 0 Å². The Labute approximate surface area is 111 Å². The smallest absolute Gasteiger partial charge is 0.317 e. The summed E-state index contributed by atoms with van der Waals surface area (Å²) in [5.41, 5.74) is 0.412. The Hall–Kier alpha value is -2.11. The molecule has 6 heteroatoms. The fourth-order valence-electron chi connectivity index (χ4n) is 1.52. The lowest BCUT2D eigenvalue weighted by molar-refractivity contribution is -0.137. The second-order valence-electron chi connectivity index (χ2n) is 4.17. The van der Waals surface area contributed by atoms with Gasteiger partial charge in [0.2, 0.25) is 0 Å². The van der Waals surface area contributed by atoms with Crippen molar-refractivity contribution in [3.63, 3.8) is 0 Å². The Kier molecular flexibility index (Phi) is 5.78. The van der Waals surface area contributed by atoms with Gasteiger partial charge in [-0.3, -0.25) is 4.79 Å². The highest BCUT2D eigenvalue weighted by molar-refractivity contribution is 5.74. The largest absolute Gasteiger partial charge is 0.481 e. The van der Waals surface area contributed by atoms with E-state index in [9.17, 15) is 14.0 Å². The summed E-state index contributed by atoms with van der Waals surface area (Å²) in [6, 6.07) is 5.85. The van der Waals surface area contributed by atoms with Gasteiger partial charge in [0.1, 0.15) is 5.82 Å². The molecular formula is C13H17FN2O3. The number of benzene rings is 1. The number of carbonyl (C=O) groups is 2. The third-order valence-corrected chi connectivity index (χ3v) is 2.62. The van der Waals surface area contributed by atoms with Crippen molar-refractivity contribution < 1.29 is 19.1 Å². The Morgan fingerprint density at radius 3 is 2.68 bits per heavy atom. The summed E-state index contributed by atoms with van der Waals surface area (Å²) in [6.07, 6.45) is 0.407. The first kappa shape index (κ1) is 14.9. The van der Waals surface area contributed by atoms with Crippen LogP contribution in [0.1, 0.15) is 18.4 Å². The number of urea groups is 1. The zero-order valence-electron chi connectivity index (χ0n) is 10.7. The van der Waals surface area contributed by atoms with Crippen LogP contribution < -0.4 is 5.32 Å². The topological polar surface area (TPSA) is 69.6 Å². The molecule has 2 N–H and O–H groups in total. The molecule has 0 atom stereocenters. The predicted octanol–water partition coefficient (Wildman–Crippen LogP) is 1.83. The number of amides is 2. The summed E-state index contributed by atoms with van der Waals surface area (Å²) in [7, 11) is 1.57. The van der Waals surface area contributed by atoms with Crippen molar-refractivity contribution >= 4 is 12.0 Å². The molecule has 0 bridgehead atoms. The number of carboxylic acid groups (broad SMARTS) is 1. The standard InChI is InChI=1S/C13H17FN2O3/c1-16(8-4-7-12(17)18)13(19)15-9-10-5-2-3-6-11(10)14/h2-3,5-6H,4,7-9H2,1H3,(H,15,19)(H,17,18). The van der Waals surface area contributed by atoms with Crippen LogP contribution in [0.25, 0.3) is 0 Å². The van der Waals surface area contributed by atoms with Crippen LogP contribution in [0.3, 0.4) is 0 Å². The molecule has 0 saturated carbocycles. The number of carbonyl (C=O) groups excluding carboxylic acids is 1. The maximum Gasteiger partial charge on any atom is 0.317 e. The summed E-state index contributed by atoms with van der Waals surface area (Å²) >= 11 is 0. The van der Waals surface area contributed by atoms with Crippen LogP contribution in [0.15, 0.2) is 24.3 Å². The minimum atomic E-state index is -0.889. The van der Waals surface area contributed by atoms with Gasteiger partial charge in [-0.25, -0.2) is 9.18 Å². The molecule has 0 aliphatic heterocycles. The Morgan fingerprint density at radius 1 is 1.37 bits per heavy atom. The molecule has 0 spiro atoms. The van der Waals surface area contributed by atoms with Gasteiger partial charge < -0.3 is 15.3 Å². The second-order valence-corrected chi connectivity index (χ2v) is 4.17. The molecule has 104 valence electrons. The van der Waals surface area contributed by atoms with E-state index in [1.54, 1.807) is 25.2 Å². The van der Waals surface area contributed by atoms with Crippen molar-refractivity contribution in [1.82, 2.24) is 10.2 Å². The number of rotatable bonds is 6. The maximum absolute atomic E-state index is 13.3. The average molecular weight is 268 g/mol. The zero-order chi connectivity index (χ0) is 14.3. The van der Waals surface area contributed by atoms with E-state index in [1.807, 2.05) is 0 Å². The molecule has 0 radical (unpaired) electrons. The lowest BCUT2D eigenvalue weighted by Crippen LogP contribution is -2.37. The second kappa shape index (κ2) is 7.35. The van der Waals surface area contributed by atoms with Crippen LogP contribution in [-0.4, -0.2) is 35.6 Å². The SMILES string of the molecule is CN(CCCC(=O)O)C(=O)NCc1ccccc1F. The van der Waals surface area contributed by atoms with Crippen molar-refractivity contribution in [1.29, 1.82) is 0 Å². The van der Waals surface area contributed by atoms with Gasteiger partial charge in [-0.1, -0.05) is 18.2 Å². The monoisotopic (exact) mass is 268 g/mol. The van der Waals surface area contributed by atoms with E-state index in [2.05, 4.69) is 5.32 Å². The zero-order valence-corrected chi connectivity index (χ0v) is 10.7. The first-order valence-corrected chi connectivity index (χ1v) is 5.95. The van der Waals surface area contributed by atoms with Gasteiger partial charge >= 0.3 is 12.0 Å². The van der Waals surface area contributed by atoms with Gasteiger partial charge in [0.05, 0.1) is 0 Å². The van der Waals surface area contributed by atoms with Crippen molar-refractivity contribution in [2.75, 3.05) is 13.6 Å². The van der Waals surface area contributed by atoms with Crippen molar-refractivity contribution in [2.45, 2.75) is 19.4 Å². The average Bonchev–Trinajstić information content (AvgIpc) is 2.36. The lowest BCUT2D eigenvalue weighted by atomic mass is 10.2. The molecule has 5 nitrogen and oxygen atoms in total. The van der Waals surface area contributed by atoms with Gasteiger partial charge in [0.25, 0.3) is 0 Å². The molecule has 0 aromatic heterocycles. The van der Waals surface area contributed by atoms with Crippen LogP contribution in [-0.2, 0) is 11.3 Å². The van der Waals surface area contributed by atoms with E-state index >= 15 is 0 Å². The molecule has 2 amide bonds. The molecule has 0 unspecified atom stereocenters. The van der Waals surface area contributed by atoms with E-state index in [-0.39, 0.29) is 24.8 Å². The fourth-order valence-corrected chi connectivity index (χ4v) is 1.52. The van der Waals surface area contributed by atoms with E-state index in [0.29, 0.717) is 18.5 Å². The minimum Gasteiger partial charge on any atom is -0.481 e. The molecule has 0 aliphatic rings. The third-order valence-electron chi connectivity index (χ3n) is 2.62. The lowest BCUT2D eigenvalue weighted by Gasteiger charge is -2.17. The van der Waals surface area contributed by atoms with E-state index in [0.717, 1.165) is 0 Å². The summed E-state index contributed by atoms with van der Waals surface area (Å²) in [6.45, 7) is 0.449. The number of hydrogen-bond acceptors (Lipinski definition) is 2. The van der Waals surface area contributed by atoms with E-state index in [4.69, 9.17) is 5.11 Å². The molecule has 1 aromatic rings. The van der Waals surface area contributed by atoms with Gasteiger partial charge in [0, 0.05) is 32.1 Å². The summed E-state index contributed by atoms with van der Waals surface area (Å²) in [4.78, 5) is 23.4. The molecule has 0 heterocycles. The van der Waals surface area contributed by atoms with Gasteiger partial charge in [-0.2, -0.15) is 0 Å². The Balaban J connectivity index is 2.34.